The number of para-hydroxylation sites is 1. The summed E-state index contributed by atoms with van der Waals surface area (Å²) in [5.41, 5.74) is 2.41. The van der Waals surface area contributed by atoms with Crippen LogP contribution in [0.3, 0.4) is 0 Å². The average Bonchev–Trinajstić information content (AvgIpc) is 2.46. The lowest BCUT2D eigenvalue weighted by atomic mass is 10.1. The molecule has 1 N–H and O–H groups in total. The second kappa shape index (κ2) is 6.53. The second-order valence-electron chi connectivity index (χ2n) is 4.85. The highest BCUT2D eigenvalue weighted by atomic mass is 15.2. The van der Waals surface area contributed by atoms with Crippen molar-refractivity contribution in [3.05, 3.63) is 35.9 Å². The molecule has 102 valence electrons. The largest absolute Gasteiger partial charge is 0.360 e. The smallest absolute Gasteiger partial charge is 0.129 e. The van der Waals surface area contributed by atoms with Crippen molar-refractivity contribution in [1.29, 1.82) is 0 Å². The molecule has 0 radical (unpaired) electrons. The fourth-order valence-corrected chi connectivity index (χ4v) is 2.14. The predicted octanol–water partition coefficient (Wildman–Crippen LogP) is 3.19. The molecule has 2 aromatic rings. The summed E-state index contributed by atoms with van der Waals surface area (Å²) in [5.74, 6) is 1.05. The third-order valence-electron chi connectivity index (χ3n) is 3.40. The molecule has 3 nitrogen and oxygen atoms in total. The van der Waals surface area contributed by atoms with Gasteiger partial charge < -0.3 is 10.2 Å². The van der Waals surface area contributed by atoms with E-state index in [2.05, 4.69) is 55.4 Å². The number of hydrogen-bond acceptors (Lipinski definition) is 3. The van der Waals surface area contributed by atoms with Gasteiger partial charge in [-0.2, -0.15) is 0 Å². The van der Waals surface area contributed by atoms with Gasteiger partial charge in [0.1, 0.15) is 5.82 Å². The summed E-state index contributed by atoms with van der Waals surface area (Å²) >= 11 is 0. The molecule has 19 heavy (non-hydrogen) atoms. The topological polar surface area (TPSA) is 28.2 Å². The van der Waals surface area contributed by atoms with Crippen LogP contribution in [-0.4, -0.2) is 25.1 Å². The van der Waals surface area contributed by atoms with Crippen molar-refractivity contribution in [3.63, 3.8) is 0 Å². The van der Waals surface area contributed by atoms with E-state index >= 15 is 0 Å². The number of fused-ring (bicyclic) bond motifs is 1. The Morgan fingerprint density at radius 3 is 2.74 bits per heavy atom. The molecule has 0 aliphatic carbocycles. The Morgan fingerprint density at radius 2 is 2.00 bits per heavy atom. The zero-order valence-electron chi connectivity index (χ0n) is 12.1. The van der Waals surface area contributed by atoms with E-state index in [9.17, 15) is 0 Å². The molecule has 0 unspecified atom stereocenters. The van der Waals surface area contributed by atoms with Crippen molar-refractivity contribution in [2.75, 3.05) is 25.0 Å². The van der Waals surface area contributed by atoms with Crippen molar-refractivity contribution < 1.29 is 0 Å². The lowest BCUT2D eigenvalue weighted by molar-refractivity contribution is 0.677. The van der Waals surface area contributed by atoms with Crippen LogP contribution in [0, 0.1) is 0 Å². The molecule has 3 heteroatoms. The average molecular weight is 257 g/mol. The SMILES string of the molecule is CCCNCc1cc(N(C)CC)nc2ccccc12. The molecule has 0 saturated heterocycles. The number of anilines is 1. The van der Waals surface area contributed by atoms with E-state index in [1.165, 1.54) is 10.9 Å². The van der Waals surface area contributed by atoms with Crippen LogP contribution in [0.5, 0.6) is 0 Å². The number of nitrogens with one attached hydrogen (secondary N) is 1. The maximum absolute atomic E-state index is 4.73. The highest BCUT2D eigenvalue weighted by Gasteiger charge is 2.07. The summed E-state index contributed by atoms with van der Waals surface area (Å²) in [6.07, 6.45) is 1.16. The maximum Gasteiger partial charge on any atom is 0.129 e. The van der Waals surface area contributed by atoms with Gasteiger partial charge in [0.15, 0.2) is 0 Å². The zero-order chi connectivity index (χ0) is 13.7. The molecule has 1 aromatic carbocycles. The highest BCUT2D eigenvalue weighted by Crippen LogP contribution is 2.22. The van der Waals surface area contributed by atoms with E-state index in [0.717, 1.165) is 37.4 Å². The van der Waals surface area contributed by atoms with Crippen molar-refractivity contribution in [3.8, 4) is 0 Å². The minimum absolute atomic E-state index is 0.904. The number of aromatic nitrogens is 1. The van der Waals surface area contributed by atoms with E-state index in [1.807, 2.05) is 6.07 Å². The van der Waals surface area contributed by atoms with Crippen molar-refractivity contribution in [2.45, 2.75) is 26.8 Å². The van der Waals surface area contributed by atoms with Crippen LogP contribution in [0.15, 0.2) is 30.3 Å². The molecule has 0 amide bonds. The van der Waals surface area contributed by atoms with Crippen LogP contribution in [-0.2, 0) is 6.54 Å². The highest BCUT2D eigenvalue weighted by molar-refractivity contribution is 5.84. The molecule has 0 aliphatic rings. The lowest BCUT2D eigenvalue weighted by Crippen LogP contribution is -2.19. The Labute approximate surface area is 115 Å². The number of rotatable bonds is 6. The minimum Gasteiger partial charge on any atom is -0.360 e. The maximum atomic E-state index is 4.73. The van der Waals surface area contributed by atoms with Crippen molar-refractivity contribution in [2.24, 2.45) is 0 Å². The summed E-state index contributed by atoms with van der Waals surface area (Å²) in [7, 11) is 2.08. The van der Waals surface area contributed by atoms with Gasteiger partial charge in [-0.25, -0.2) is 4.98 Å². The molecular weight excluding hydrogens is 234 g/mol. The first kappa shape index (κ1) is 13.8. The summed E-state index contributed by atoms with van der Waals surface area (Å²) < 4.78 is 0. The monoisotopic (exact) mass is 257 g/mol. The van der Waals surface area contributed by atoms with Gasteiger partial charge in [0.05, 0.1) is 5.52 Å². The second-order valence-corrected chi connectivity index (χ2v) is 4.85. The fraction of sp³-hybridized carbons (Fsp3) is 0.438. The molecule has 0 bridgehead atoms. The molecule has 2 rings (SSSR count). The number of nitrogens with zero attached hydrogens (tertiary/aromatic N) is 2. The summed E-state index contributed by atoms with van der Waals surface area (Å²) in [4.78, 5) is 6.91. The van der Waals surface area contributed by atoms with Crippen LogP contribution in [0.25, 0.3) is 10.9 Å². The number of hydrogen-bond donors (Lipinski definition) is 1. The molecule has 0 atom stereocenters. The molecule has 1 aromatic heterocycles. The van der Waals surface area contributed by atoms with Gasteiger partial charge in [0, 0.05) is 25.5 Å². The first-order chi connectivity index (χ1) is 9.26. The minimum atomic E-state index is 0.904. The molecule has 1 heterocycles. The Bertz CT molecular complexity index is 537. The predicted molar refractivity (Wildman–Crippen MR) is 82.7 cm³/mol. The van der Waals surface area contributed by atoms with Gasteiger partial charge in [-0.15, -0.1) is 0 Å². The standard InChI is InChI=1S/C16H23N3/c1-4-10-17-12-13-11-16(19(3)5-2)18-15-9-7-6-8-14(13)15/h6-9,11,17H,4-5,10,12H2,1-3H3. The molecular formula is C16H23N3. The van der Waals surface area contributed by atoms with E-state index in [4.69, 9.17) is 4.98 Å². The van der Waals surface area contributed by atoms with Crippen LogP contribution < -0.4 is 10.2 Å². The third-order valence-corrected chi connectivity index (χ3v) is 3.40. The Kier molecular flexibility index (Phi) is 4.74. The Hall–Kier alpha value is -1.61. The zero-order valence-corrected chi connectivity index (χ0v) is 12.1. The van der Waals surface area contributed by atoms with E-state index < -0.39 is 0 Å². The van der Waals surface area contributed by atoms with E-state index in [-0.39, 0.29) is 0 Å². The fourth-order valence-electron chi connectivity index (χ4n) is 2.14. The van der Waals surface area contributed by atoms with E-state index in [1.54, 1.807) is 0 Å². The van der Waals surface area contributed by atoms with Crippen molar-refractivity contribution >= 4 is 16.7 Å². The normalized spacial score (nSPS) is 10.9. The quantitative estimate of drug-likeness (QED) is 0.806. The van der Waals surface area contributed by atoms with Gasteiger partial charge in [0.25, 0.3) is 0 Å². The Balaban J connectivity index is 2.39. The van der Waals surface area contributed by atoms with Gasteiger partial charge in [-0.3, -0.25) is 0 Å². The van der Waals surface area contributed by atoms with Crippen LogP contribution in [0.1, 0.15) is 25.8 Å². The summed E-state index contributed by atoms with van der Waals surface area (Å²) in [6, 6.07) is 10.6. The summed E-state index contributed by atoms with van der Waals surface area (Å²) in [5, 5.41) is 4.73. The van der Waals surface area contributed by atoms with Gasteiger partial charge in [-0.1, -0.05) is 25.1 Å². The van der Waals surface area contributed by atoms with Gasteiger partial charge in [0.2, 0.25) is 0 Å². The van der Waals surface area contributed by atoms with E-state index in [0.29, 0.717) is 0 Å². The number of benzene rings is 1. The molecule has 0 aliphatic heterocycles. The van der Waals surface area contributed by atoms with Crippen LogP contribution in [0.4, 0.5) is 5.82 Å². The Morgan fingerprint density at radius 1 is 1.21 bits per heavy atom. The van der Waals surface area contributed by atoms with Crippen LogP contribution in [0.2, 0.25) is 0 Å². The summed E-state index contributed by atoms with van der Waals surface area (Å²) in [6.45, 7) is 7.25. The molecule has 0 saturated carbocycles. The molecule has 0 spiro atoms. The lowest BCUT2D eigenvalue weighted by Gasteiger charge is -2.18. The first-order valence-electron chi connectivity index (χ1n) is 7.06. The van der Waals surface area contributed by atoms with Gasteiger partial charge in [-0.05, 0) is 37.6 Å². The third kappa shape index (κ3) is 3.24. The molecule has 0 fully saturated rings. The van der Waals surface area contributed by atoms with Gasteiger partial charge >= 0.3 is 0 Å². The number of pyridine rings is 1. The van der Waals surface area contributed by atoms with Crippen LogP contribution >= 0.6 is 0 Å². The van der Waals surface area contributed by atoms with Crippen molar-refractivity contribution in [1.82, 2.24) is 10.3 Å². The first-order valence-corrected chi connectivity index (χ1v) is 7.06.